The molecule has 1 heterocycles. The molecule has 0 spiro atoms. The average molecular weight is 307 g/mol. The van der Waals surface area contributed by atoms with Crippen LogP contribution in [0, 0.1) is 0 Å². The van der Waals surface area contributed by atoms with Gasteiger partial charge in [-0.1, -0.05) is 0 Å². The van der Waals surface area contributed by atoms with E-state index in [1.54, 1.807) is 6.07 Å². The molecule has 2 rings (SSSR count). The van der Waals surface area contributed by atoms with Crippen LogP contribution in [0.4, 0.5) is 13.2 Å². The van der Waals surface area contributed by atoms with Crippen molar-refractivity contribution in [2.45, 2.75) is 25.4 Å². The molecule has 0 radical (unpaired) electrons. The highest BCUT2D eigenvalue weighted by atomic mass is 32.1. The van der Waals surface area contributed by atoms with Gasteiger partial charge in [0.05, 0.1) is 4.88 Å². The minimum Gasteiger partial charge on any atom is -0.480 e. The summed E-state index contributed by atoms with van der Waals surface area (Å²) in [5.74, 6) is -2.34. The fourth-order valence-corrected chi connectivity index (χ4v) is 3.39. The van der Waals surface area contributed by atoms with Crippen molar-refractivity contribution in [3.8, 4) is 0 Å². The van der Waals surface area contributed by atoms with Crippen molar-refractivity contribution in [1.29, 1.82) is 0 Å². The first-order chi connectivity index (χ1) is 9.26. The number of carbonyl (C=O) groups excluding carboxylic acids is 1. The molecule has 0 bridgehead atoms. The summed E-state index contributed by atoms with van der Waals surface area (Å²) in [5.41, 5.74) is 0.987. The quantitative estimate of drug-likeness (QED) is 0.929. The number of thiophene rings is 1. The van der Waals surface area contributed by atoms with Gasteiger partial charge in [0.1, 0.15) is 13.1 Å². The highest BCUT2D eigenvalue weighted by molar-refractivity contribution is 7.14. The Morgan fingerprint density at radius 3 is 2.60 bits per heavy atom. The third-order valence-electron chi connectivity index (χ3n) is 2.94. The van der Waals surface area contributed by atoms with E-state index in [1.165, 1.54) is 0 Å². The molecule has 0 fully saturated rings. The fourth-order valence-electron chi connectivity index (χ4n) is 2.17. The average Bonchev–Trinajstić information content (AvgIpc) is 2.84. The smallest absolute Gasteiger partial charge is 0.406 e. The first kappa shape index (κ1) is 14.8. The monoisotopic (exact) mass is 307 g/mol. The Labute approximate surface area is 116 Å². The summed E-state index contributed by atoms with van der Waals surface area (Å²) in [6.45, 7) is -2.51. The second-order valence-electron chi connectivity index (χ2n) is 4.58. The summed E-state index contributed by atoms with van der Waals surface area (Å²) in [6.07, 6.45) is -2.00. The van der Waals surface area contributed by atoms with Crippen LogP contribution in [-0.4, -0.2) is 41.1 Å². The Morgan fingerprint density at radius 2 is 2.05 bits per heavy atom. The number of rotatable bonds is 4. The predicted octanol–water partition coefficient (Wildman–Crippen LogP) is 2.33. The number of hydrogen-bond acceptors (Lipinski definition) is 3. The van der Waals surface area contributed by atoms with E-state index in [9.17, 15) is 22.8 Å². The third kappa shape index (κ3) is 3.50. The van der Waals surface area contributed by atoms with Crippen LogP contribution in [-0.2, 0) is 17.6 Å². The van der Waals surface area contributed by atoms with Gasteiger partial charge in [0.25, 0.3) is 5.91 Å². The van der Waals surface area contributed by atoms with Gasteiger partial charge < -0.3 is 10.0 Å². The zero-order valence-electron chi connectivity index (χ0n) is 10.4. The second kappa shape index (κ2) is 5.43. The fraction of sp³-hybridized carbons (Fsp3) is 0.500. The van der Waals surface area contributed by atoms with Crippen molar-refractivity contribution >= 4 is 23.2 Å². The molecule has 1 aromatic rings. The third-order valence-corrected chi connectivity index (χ3v) is 4.17. The van der Waals surface area contributed by atoms with E-state index in [0.29, 0.717) is 4.90 Å². The summed E-state index contributed by atoms with van der Waals surface area (Å²) in [5, 5.41) is 8.64. The molecule has 0 unspecified atom stereocenters. The lowest BCUT2D eigenvalue weighted by Gasteiger charge is -2.21. The SMILES string of the molecule is O=C(O)CN(CC(F)(F)F)C(=O)c1cc2c(s1)CCC2. The summed E-state index contributed by atoms with van der Waals surface area (Å²) in [6, 6.07) is 1.58. The number of hydrogen-bond donors (Lipinski definition) is 1. The molecule has 1 N–H and O–H groups in total. The number of halogens is 3. The van der Waals surface area contributed by atoms with Gasteiger partial charge in [-0.2, -0.15) is 13.2 Å². The molecule has 8 heteroatoms. The molecule has 0 saturated heterocycles. The first-order valence-corrected chi connectivity index (χ1v) is 6.77. The number of nitrogens with zero attached hydrogens (tertiary/aromatic N) is 1. The summed E-state index contributed by atoms with van der Waals surface area (Å²) < 4.78 is 37.2. The molecule has 0 aliphatic heterocycles. The van der Waals surface area contributed by atoms with Crippen LogP contribution in [0.2, 0.25) is 0 Å². The van der Waals surface area contributed by atoms with E-state index >= 15 is 0 Å². The van der Waals surface area contributed by atoms with Crippen LogP contribution >= 0.6 is 11.3 Å². The van der Waals surface area contributed by atoms with Gasteiger partial charge in [-0.05, 0) is 30.9 Å². The highest BCUT2D eigenvalue weighted by Gasteiger charge is 2.35. The number of amides is 1. The van der Waals surface area contributed by atoms with Gasteiger partial charge in [0.2, 0.25) is 0 Å². The van der Waals surface area contributed by atoms with Crippen molar-refractivity contribution < 1.29 is 27.9 Å². The Hall–Kier alpha value is -1.57. The molecule has 20 heavy (non-hydrogen) atoms. The second-order valence-corrected chi connectivity index (χ2v) is 5.72. The lowest BCUT2D eigenvalue weighted by Crippen LogP contribution is -2.41. The molecular weight excluding hydrogens is 295 g/mol. The van der Waals surface area contributed by atoms with Crippen molar-refractivity contribution in [3.05, 3.63) is 21.4 Å². The van der Waals surface area contributed by atoms with E-state index in [0.717, 1.165) is 41.0 Å². The van der Waals surface area contributed by atoms with Gasteiger partial charge in [0, 0.05) is 4.88 Å². The number of aliphatic carboxylic acids is 1. The normalized spacial score (nSPS) is 14.2. The lowest BCUT2D eigenvalue weighted by molar-refractivity contribution is -0.149. The van der Waals surface area contributed by atoms with Crippen LogP contribution < -0.4 is 0 Å². The maximum absolute atomic E-state index is 12.4. The number of carboxylic acid groups (broad SMARTS) is 1. The van der Waals surface area contributed by atoms with Crippen LogP contribution in [0.5, 0.6) is 0 Å². The van der Waals surface area contributed by atoms with E-state index in [2.05, 4.69) is 0 Å². The van der Waals surface area contributed by atoms with Gasteiger partial charge >= 0.3 is 12.1 Å². The Kier molecular flexibility index (Phi) is 4.03. The first-order valence-electron chi connectivity index (χ1n) is 5.95. The van der Waals surface area contributed by atoms with E-state index in [-0.39, 0.29) is 4.88 Å². The zero-order chi connectivity index (χ0) is 14.9. The van der Waals surface area contributed by atoms with Crippen molar-refractivity contribution in [1.82, 2.24) is 4.90 Å². The number of aryl methyl sites for hydroxylation is 2. The number of fused-ring (bicyclic) bond motifs is 1. The number of carboxylic acids is 1. The van der Waals surface area contributed by atoms with Gasteiger partial charge in [0.15, 0.2) is 0 Å². The Balaban J connectivity index is 2.18. The molecule has 110 valence electrons. The molecule has 0 atom stereocenters. The minimum absolute atomic E-state index is 0.181. The van der Waals surface area contributed by atoms with Gasteiger partial charge in [-0.25, -0.2) is 0 Å². The van der Waals surface area contributed by atoms with Gasteiger partial charge in [-0.15, -0.1) is 11.3 Å². The van der Waals surface area contributed by atoms with Crippen LogP contribution in [0.15, 0.2) is 6.07 Å². The molecule has 0 aromatic carbocycles. The van der Waals surface area contributed by atoms with E-state index < -0.39 is 31.1 Å². The lowest BCUT2D eigenvalue weighted by atomic mass is 10.2. The summed E-state index contributed by atoms with van der Waals surface area (Å²) in [4.78, 5) is 24.2. The van der Waals surface area contributed by atoms with Crippen molar-refractivity contribution in [2.75, 3.05) is 13.1 Å². The Morgan fingerprint density at radius 1 is 1.35 bits per heavy atom. The Bertz CT molecular complexity index is 517. The minimum atomic E-state index is -4.62. The standard InChI is InChI=1S/C12H12F3NO3S/c13-12(14,15)6-16(5-10(17)18)11(19)9-4-7-2-1-3-8(7)20-9/h4H,1-3,5-6H2,(H,17,18). The molecular formula is C12H12F3NO3S. The van der Waals surface area contributed by atoms with Crippen molar-refractivity contribution in [3.63, 3.8) is 0 Å². The summed E-state index contributed by atoms with van der Waals surface area (Å²) >= 11 is 1.16. The maximum Gasteiger partial charge on any atom is 0.406 e. The molecule has 1 aliphatic carbocycles. The van der Waals surface area contributed by atoms with Crippen LogP contribution in [0.1, 0.15) is 26.5 Å². The van der Waals surface area contributed by atoms with Crippen LogP contribution in [0.3, 0.4) is 0 Å². The maximum atomic E-state index is 12.4. The molecule has 1 amide bonds. The number of carbonyl (C=O) groups is 2. The zero-order valence-corrected chi connectivity index (χ0v) is 11.2. The van der Waals surface area contributed by atoms with Gasteiger partial charge in [-0.3, -0.25) is 9.59 Å². The highest BCUT2D eigenvalue weighted by Crippen LogP contribution is 2.31. The molecule has 0 saturated carbocycles. The summed E-state index contributed by atoms with van der Waals surface area (Å²) in [7, 11) is 0. The van der Waals surface area contributed by atoms with Crippen LogP contribution in [0.25, 0.3) is 0 Å². The number of alkyl halides is 3. The topological polar surface area (TPSA) is 57.6 Å². The molecule has 1 aromatic heterocycles. The van der Waals surface area contributed by atoms with E-state index in [1.807, 2.05) is 0 Å². The molecule has 1 aliphatic rings. The largest absolute Gasteiger partial charge is 0.480 e. The van der Waals surface area contributed by atoms with E-state index in [4.69, 9.17) is 5.11 Å². The molecule has 4 nitrogen and oxygen atoms in total. The van der Waals surface area contributed by atoms with Crippen molar-refractivity contribution in [2.24, 2.45) is 0 Å². The predicted molar refractivity (Wildman–Crippen MR) is 65.9 cm³/mol.